The van der Waals surface area contributed by atoms with Crippen LogP contribution in [0.4, 0.5) is 4.79 Å². The average molecular weight is 423 g/mol. The number of aryl methyl sites for hydroxylation is 2. The van der Waals surface area contributed by atoms with Crippen molar-refractivity contribution in [3.8, 4) is 5.69 Å². The van der Waals surface area contributed by atoms with E-state index in [1.54, 1.807) is 23.6 Å². The van der Waals surface area contributed by atoms with Gasteiger partial charge in [-0.15, -0.1) is 0 Å². The topological polar surface area (TPSA) is 84.3 Å². The molecule has 2 aromatic carbocycles. The van der Waals surface area contributed by atoms with Crippen LogP contribution in [0.25, 0.3) is 16.6 Å². The lowest BCUT2D eigenvalue weighted by molar-refractivity contribution is -0.126. The molecule has 0 spiro atoms. The van der Waals surface area contributed by atoms with Gasteiger partial charge in [0.2, 0.25) is 5.91 Å². The first-order chi connectivity index (χ1) is 14.3. The second kappa shape index (κ2) is 7.95. The van der Waals surface area contributed by atoms with Crippen LogP contribution in [0.15, 0.2) is 52.4 Å². The van der Waals surface area contributed by atoms with Crippen molar-refractivity contribution in [3.63, 3.8) is 0 Å². The monoisotopic (exact) mass is 422 g/mol. The van der Waals surface area contributed by atoms with E-state index >= 15 is 0 Å². The highest BCUT2D eigenvalue weighted by Gasteiger charge is 2.31. The largest absolute Gasteiger partial charge is 0.336 e. The van der Waals surface area contributed by atoms with Crippen LogP contribution in [0.1, 0.15) is 18.1 Å². The fourth-order valence-electron chi connectivity index (χ4n) is 3.61. The van der Waals surface area contributed by atoms with Gasteiger partial charge in [0.1, 0.15) is 0 Å². The van der Waals surface area contributed by atoms with Crippen LogP contribution in [0.2, 0.25) is 0 Å². The highest BCUT2D eigenvalue weighted by Crippen LogP contribution is 2.27. The van der Waals surface area contributed by atoms with Gasteiger partial charge in [-0.3, -0.25) is 19.1 Å². The Morgan fingerprint density at radius 3 is 2.50 bits per heavy atom. The van der Waals surface area contributed by atoms with Gasteiger partial charge in [-0.1, -0.05) is 30.0 Å². The summed E-state index contributed by atoms with van der Waals surface area (Å²) in [5.41, 5.74) is 3.14. The molecule has 1 saturated heterocycles. The van der Waals surface area contributed by atoms with Crippen molar-refractivity contribution in [1.29, 1.82) is 0 Å². The summed E-state index contributed by atoms with van der Waals surface area (Å²) in [5.74, 6) is -0.301. The lowest BCUT2D eigenvalue weighted by atomic mass is 10.1. The second-order valence-corrected chi connectivity index (χ2v) is 8.69. The Balaban J connectivity index is 1.82. The predicted molar refractivity (Wildman–Crippen MR) is 117 cm³/mol. The van der Waals surface area contributed by atoms with Gasteiger partial charge in [0, 0.05) is 13.1 Å². The molecule has 30 heavy (non-hydrogen) atoms. The lowest BCUT2D eigenvalue weighted by Gasteiger charge is -2.19. The molecule has 0 radical (unpaired) electrons. The molecular weight excluding hydrogens is 400 g/mol. The first-order valence-electron chi connectivity index (χ1n) is 9.71. The fourth-order valence-corrected chi connectivity index (χ4v) is 4.60. The minimum Gasteiger partial charge on any atom is -0.336 e. The Labute approximate surface area is 178 Å². The van der Waals surface area contributed by atoms with E-state index in [1.807, 2.05) is 44.2 Å². The van der Waals surface area contributed by atoms with E-state index in [1.165, 1.54) is 16.7 Å². The van der Waals surface area contributed by atoms with E-state index in [0.29, 0.717) is 34.8 Å². The number of imide groups is 1. The Morgan fingerprint density at radius 1 is 1.13 bits per heavy atom. The zero-order valence-electron chi connectivity index (χ0n) is 17.0. The van der Waals surface area contributed by atoms with Crippen LogP contribution in [0.5, 0.6) is 0 Å². The summed E-state index contributed by atoms with van der Waals surface area (Å²) in [7, 11) is 0. The first kappa shape index (κ1) is 20.2. The Morgan fingerprint density at radius 2 is 1.83 bits per heavy atom. The molecular formula is C22H22N4O3S. The number of para-hydroxylation sites is 1. The summed E-state index contributed by atoms with van der Waals surface area (Å²) in [6, 6.07) is 12.7. The van der Waals surface area contributed by atoms with E-state index in [9.17, 15) is 14.4 Å². The maximum Gasteiger partial charge on any atom is 0.324 e. The van der Waals surface area contributed by atoms with Gasteiger partial charge in [-0.2, -0.15) is 0 Å². The molecule has 7 nitrogen and oxygen atoms in total. The van der Waals surface area contributed by atoms with Crippen LogP contribution < -0.4 is 10.9 Å². The summed E-state index contributed by atoms with van der Waals surface area (Å²) in [6.07, 6.45) is 0. The summed E-state index contributed by atoms with van der Waals surface area (Å²) >= 11 is 1.18. The molecule has 0 aliphatic carbocycles. The minimum atomic E-state index is -0.584. The molecule has 154 valence electrons. The third-order valence-corrected chi connectivity index (χ3v) is 6.00. The predicted octanol–water partition coefficient (Wildman–Crippen LogP) is 3.03. The number of nitrogens with one attached hydrogen (secondary N) is 1. The van der Waals surface area contributed by atoms with Gasteiger partial charge >= 0.3 is 6.03 Å². The van der Waals surface area contributed by atoms with Crippen LogP contribution in [0, 0.1) is 13.8 Å². The minimum absolute atomic E-state index is 0.188. The van der Waals surface area contributed by atoms with Gasteiger partial charge in [0.15, 0.2) is 5.16 Å². The number of amides is 3. The SMILES string of the molecule is Cc1cc(C)cc(-n2c(SC(C)C(=O)N3CCNC3=O)nc3ccccc3c2=O)c1. The van der Waals surface area contributed by atoms with E-state index in [0.717, 1.165) is 11.1 Å². The van der Waals surface area contributed by atoms with Crippen LogP contribution >= 0.6 is 11.8 Å². The molecule has 1 atom stereocenters. The van der Waals surface area contributed by atoms with Crippen molar-refractivity contribution in [2.45, 2.75) is 31.2 Å². The number of fused-ring (bicyclic) bond motifs is 1. The third kappa shape index (κ3) is 3.70. The normalized spacial score (nSPS) is 14.8. The van der Waals surface area contributed by atoms with Crippen molar-refractivity contribution in [3.05, 3.63) is 63.9 Å². The van der Waals surface area contributed by atoms with Gasteiger partial charge in [-0.05, 0) is 56.2 Å². The molecule has 4 rings (SSSR count). The van der Waals surface area contributed by atoms with Gasteiger partial charge < -0.3 is 5.32 Å². The maximum absolute atomic E-state index is 13.4. The summed E-state index contributed by atoms with van der Waals surface area (Å²) in [6.45, 7) is 6.47. The van der Waals surface area contributed by atoms with Crippen molar-refractivity contribution in [2.24, 2.45) is 0 Å². The van der Waals surface area contributed by atoms with E-state index in [2.05, 4.69) is 5.32 Å². The Hall–Kier alpha value is -3.13. The lowest BCUT2D eigenvalue weighted by Crippen LogP contribution is -2.39. The number of thioether (sulfide) groups is 1. The quantitative estimate of drug-likeness (QED) is 0.516. The highest BCUT2D eigenvalue weighted by atomic mass is 32.2. The van der Waals surface area contributed by atoms with Gasteiger partial charge in [0.25, 0.3) is 5.56 Å². The molecule has 1 fully saturated rings. The van der Waals surface area contributed by atoms with E-state index in [-0.39, 0.29) is 17.5 Å². The van der Waals surface area contributed by atoms with Crippen molar-refractivity contribution < 1.29 is 9.59 Å². The number of nitrogens with zero attached hydrogens (tertiary/aromatic N) is 3. The standard InChI is InChI=1S/C22H22N4O3S/c1-13-10-14(2)12-16(11-13)26-20(28)17-6-4-5-7-18(17)24-22(26)30-15(3)19(27)25-9-8-23-21(25)29/h4-7,10-12,15H,8-9H2,1-3H3,(H,23,29). The number of benzene rings is 2. The average Bonchev–Trinajstić information content (AvgIpc) is 3.12. The number of aromatic nitrogens is 2. The van der Waals surface area contributed by atoms with Gasteiger partial charge in [-0.25, -0.2) is 9.78 Å². The smallest absolute Gasteiger partial charge is 0.324 e. The number of urea groups is 1. The van der Waals surface area contributed by atoms with Crippen LogP contribution in [0.3, 0.4) is 0 Å². The molecule has 1 aromatic heterocycles. The second-order valence-electron chi connectivity index (χ2n) is 7.38. The van der Waals surface area contributed by atoms with E-state index < -0.39 is 5.25 Å². The van der Waals surface area contributed by atoms with Crippen molar-refractivity contribution >= 4 is 34.6 Å². The maximum atomic E-state index is 13.4. The molecule has 3 aromatic rings. The van der Waals surface area contributed by atoms with Crippen molar-refractivity contribution in [1.82, 2.24) is 19.8 Å². The molecule has 0 saturated carbocycles. The molecule has 1 unspecified atom stereocenters. The molecule has 3 amide bonds. The van der Waals surface area contributed by atoms with Crippen LogP contribution in [-0.2, 0) is 4.79 Å². The fraction of sp³-hybridized carbons (Fsp3) is 0.273. The molecule has 1 aliphatic heterocycles. The molecule has 8 heteroatoms. The third-order valence-electron chi connectivity index (χ3n) is 4.96. The molecule has 0 bridgehead atoms. The zero-order valence-corrected chi connectivity index (χ0v) is 17.8. The number of rotatable bonds is 4. The van der Waals surface area contributed by atoms with Crippen LogP contribution in [-0.4, -0.2) is 44.7 Å². The van der Waals surface area contributed by atoms with Gasteiger partial charge in [0.05, 0.1) is 21.8 Å². The number of carbonyl (C=O) groups is 2. The van der Waals surface area contributed by atoms with E-state index in [4.69, 9.17) is 4.98 Å². The first-order valence-corrected chi connectivity index (χ1v) is 10.6. The van der Waals surface area contributed by atoms with Crippen molar-refractivity contribution in [2.75, 3.05) is 13.1 Å². The highest BCUT2D eigenvalue weighted by molar-refractivity contribution is 8.00. The summed E-state index contributed by atoms with van der Waals surface area (Å²) in [5, 5.41) is 2.99. The number of carbonyl (C=O) groups excluding carboxylic acids is 2. The zero-order chi connectivity index (χ0) is 21.4. The molecule has 1 N–H and O–H groups in total. The Bertz CT molecular complexity index is 1200. The molecule has 2 heterocycles. The summed E-state index contributed by atoms with van der Waals surface area (Å²) in [4.78, 5) is 44.0. The molecule has 1 aliphatic rings. The number of hydrogen-bond donors (Lipinski definition) is 1. The number of hydrogen-bond acceptors (Lipinski definition) is 5. The summed E-state index contributed by atoms with van der Waals surface area (Å²) < 4.78 is 1.56. The Kier molecular flexibility index (Phi) is 5.34.